The molecule has 0 saturated carbocycles. The summed E-state index contributed by atoms with van der Waals surface area (Å²) in [6.45, 7) is 3.79. The number of carbonyl (C=O) groups is 2. The van der Waals surface area contributed by atoms with Gasteiger partial charge in [0.2, 0.25) is 0 Å². The van der Waals surface area contributed by atoms with Gasteiger partial charge in [-0.15, -0.1) is 0 Å². The Hall–Kier alpha value is -1.82. The van der Waals surface area contributed by atoms with Gasteiger partial charge in [-0.1, -0.05) is 11.6 Å². The predicted molar refractivity (Wildman–Crippen MR) is 83.0 cm³/mol. The third kappa shape index (κ3) is 3.93. The molecule has 0 radical (unpaired) electrons. The van der Waals surface area contributed by atoms with Gasteiger partial charge in [-0.05, 0) is 44.9 Å². The van der Waals surface area contributed by atoms with E-state index in [4.69, 9.17) is 16.3 Å². The second-order valence-corrected chi connectivity index (χ2v) is 6.10. The molecule has 7 heteroatoms. The number of halogens is 2. The van der Waals surface area contributed by atoms with Gasteiger partial charge in [0.1, 0.15) is 11.6 Å². The summed E-state index contributed by atoms with van der Waals surface area (Å²) in [7, 11) is 0. The topological polar surface area (TPSA) is 66.8 Å². The lowest BCUT2D eigenvalue weighted by Crippen LogP contribution is -2.52. The van der Waals surface area contributed by atoms with Crippen LogP contribution in [0.1, 0.15) is 26.7 Å². The minimum absolute atomic E-state index is 0.0831. The van der Waals surface area contributed by atoms with E-state index in [9.17, 15) is 19.1 Å². The van der Waals surface area contributed by atoms with Crippen LogP contribution in [-0.2, 0) is 9.59 Å². The number of benzene rings is 1. The summed E-state index contributed by atoms with van der Waals surface area (Å²) >= 11 is 5.89. The number of aliphatic carboxylic acids is 1. The van der Waals surface area contributed by atoms with Crippen LogP contribution >= 0.6 is 11.6 Å². The van der Waals surface area contributed by atoms with Gasteiger partial charge in [0.05, 0.1) is 10.9 Å². The number of hydrogen-bond acceptors (Lipinski definition) is 3. The van der Waals surface area contributed by atoms with Gasteiger partial charge < -0.3 is 14.7 Å². The van der Waals surface area contributed by atoms with Gasteiger partial charge in [0.25, 0.3) is 5.91 Å². The molecule has 0 bridgehead atoms. The number of carbonyl (C=O) groups excluding carboxylic acids is 1. The largest absolute Gasteiger partial charge is 0.481 e. The van der Waals surface area contributed by atoms with Gasteiger partial charge in [0, 0.05) is 12.6 Å². The van der Waals surface area contributed by atoms with E-state index >= 15 is 0 Å². The fourth-order valence-corrected chi connectivity index (χ4v) is 3.04. The number of rotatable bonds is 4. The van der Waals surface area contributed by atoms with Gasteiger partial charge in [0.15, 0.2) is 6.10 Å². The molecule has 1 unspecified atom stereocenters. The van der Waals surface area contributed by atoms with E-state index in [0.717, 1.165) is 6.07 Å². The Bertz CT molecular complexity index is 610. The summed E-state index contributed by atoms with van der Waals surface area (Å²) in [5.41, 5.74) is 0. The molecule has 2 rings (SSSR count). The number of piperidine rings is 1. The van der Waals surface area contributed by atoms with Gasteiger partial charge in [-0.3, -0.25) is 9.59 Å². The monoisotopic (exact) mass is 343 g/mol. The molecule has 1 aromatic carbocycles. The van der Waals surface area contributed by atoms with Crippen molar-refractivity contribution < 1.29 is 23.8 Å². The molecule has 0 spiro atoms. The number of carboxylic acids is 1. The van der Waals surface area contributed by atoms with E-state index in [2.05, 4.69) is 0 Å². The molecule has 1 fully saturated rings. The Morgan fingerprint density at radius 1 is 1.48 bits per heavy atom. The van der Waals surface area contributed by atoms with E-state index in [-0.39, 0.29) is 16.7 Å². The first-order valence-electron chi connectivity index (χ1n) is 7.46. The van der Waals surface area contributed by atoms with Crippen LogP contribution in [-0.4, -0.2) is 40.6 Å². The Morgan fingerprint density at radius 3 is 2.78 bits per heavy atom. The molecular formula is C16H19ClFNO4. The van der Waals surface area contributed by atoms with Crippen LogP contribution < -0.4 is 4.74 Å². The lowest BCUT2D eigenvalue weighted by molar-refractivity contribution is -0.151. The van der Waals surface area contributed by atoms with Crippen molar-refractivity contribution in [3.8, 4) is 5.75 Å². The van der Waals surface area contributed by atoms with Crippen molar-refractivity contribution in [2.45, 2.75) is 38.8 Å². The SMILES string of the molecule is CC(Oc1ccc(F)cc1Cl)C(=O)N1CCC[C@H](C(=O)O)[C@@H]1C. The summed E-state index contributed by atoms with van der Waals surface area (Å²) in [6, 6.07) is 3.27. The van der Waals surface area contributed by atoms with Crippen LogP contribution in [0.15, 0.2) is 18.2 Å². The highest BCUT2D eigenvalue weighted by atomic mass is 35.5. The molecule has 1 aliphatic rings. The average Bonchev–Trinajstić information content (AvgIpc) is 2.49. The third-order valence-electron chi connectivity index (χ3n) is 4.13. The first kappa shape index (κ1) is 17.5. The van der Waals surface area contributed by atoms with Crippen molar-refractivity contribution in [1.29, 1.82) is 0 Å². The summed E-state index contributed by atoms with van der Waals surface area (Å²) in [5, 5.41) is 9.31. The highest BCUT2D eigenvalue weighted by Gasteiger charge is 2.37. The maximum Gasteiger partial charge on any atom is 0.308 e. The molecule has 1 saturated heterocycles. The van der Waals surface area contributed by atoms with Crippen molar-refractivity contribution >= 4 is 23.5 Å². The number of hydrogen-bond donors (Lipinski definition) is 1. The van der Waals surface area contributed by atoms with Crippen molar-refractivity contribution in [2.24, 2.45) is 5.92 Å². The number of nitrogens with zero attached hydrogens (tertiary/aromatic N) is 1. The summed E-state index contributed by atoms with van der Waals surface area (Å²) < 4.78 is 18.6. The molecule has 3 atom stereocenters. The standard InChI is InChI=1S/C16H19ClFNO4/c1-9-12(16(21)22)4-3-7-19(9)15(20)10(2)23-14-6-5-11(18)8-13(14)17/h5-6,8-10,12H,3-4,7H2,1-2H3,(H,21,22)/t9-,10?,12-/m0/s1. The number of carboxylic acid groups (broad SMARTS) is 1. The van der Waals surface area contributed by atoms with Crippen LogP contribution in [0.4, 0.5) is 4.39 Å². The normalized spacial score (nSPS) is 22.5. The maximum atomic E-state index is 13.0. The second kappa shape index (κ2) is 7.17. The Kier molecular flexibility index (Phi) is 5.46. The molecular weight excluding hydrogens is 325 g/mol. The zero-order valence-corrected chi connectivity index (χ0v) is 13.7. The van der Waals surface area contributed by atoms with E-state index in [1.54, 1.807) is 13.8 Å². The zero-order chi connectivity index (χ0) is 17.1. The fraction of sp³-hybridized carbons (Fsp3) is 0.500. The molecule has 0 aliphatic carbocycles. The summed E-state index contributed by atoms with van der Waals surface area (Å²) in [6.07, 6.45) is 0.351. The van der Waals surface area contributed by atoms with Crippen LogP contribution in [0.25, 0.3) is 0 Å². The molecule has 1 aliphatic heterocycles. The van der Waals surface area contributed by atoms with Gasteiger partial charge >= 0.3 is 5.97 Å². The number of amides is 1. The van der Waals surface area contributed by atoms with Crippen LogP contribution in [0.3, 0.4) is 0 Å². The van der Waals surface area contributed by atoms with Crippen molar-refractivity contribution in [2.75, 3.05) is 6.54 Å². The van der Waals surface area contributed by atoms with Crippen molar-refractivity contribution in [3.63, 3.8) is 0 Å². The average molecular weight is 344 g/mol. The molecule has 1 amide bonds. The Morgan fingerprint density at radius 2 is 2.17 bits per heavy atom. The van der Waals surface area contributed by atoms with E-state index < -0.39 is 29.9 Å². The fourth-order valence-electron chi connectivity index (χ4n) is 2.83. The molecule has 1 aromatic rings. The molecule has 1 N–H and O–H groups in total. The summed E-state index contributed by atoms with van der Waals surface area (Å²) in [4.78, 5) is 25.3. The van der Waals surface area contributed by atoms with Crippen LogP contribution in [0, 0.1) is 11.7 Å². The molecule has 1 heterocycles. The minimum atomic E-state index is -0.898. The number of ether oxygens (including phenoxy) is 1. The Balaban J connectivity index is 2.08. The van der Waals surface area contributed by atoms with Crippen molar-refractivity contribution in [3.05, 3.63) is 29.0 Å². The molecule has 0 aromatic heterocycles. The second-order valence-electron chi connectivity index (χ2n) is 5.69. The smallest absolute Gasteiger partial charge is 0.308 e. The van der Waals surface area contributed by atoms with E-state index in [1.165, 1.54) is 17.0 Å². The zero-order valence-electron chi connectivity index (χ0n) is 13.0. The van der Waals surface area contributed by atoms with Gasteiger partial charge in [-0.2, -0.15) is 0 Å². The maximum absolute atomic E-state index is 13.0. The van der Waals surface area contributed by atoms with Crippen LogP contribution in [0.2, 0.25) is 5.02 Å². The summed E-state index contributed by atoms with van der Waals surface area (Å²) in [5.74, 6) is -2.05. The minimum Gasteiger partial charge on any atom is -0.481 e. The van der Waals surface area contributed by atoms with Crippen LogP contribution in [0.5, 0.6) is 5.75 Å². The highest BCUT2D eigenvalue weighted by Crippen LogP contribution is 2.28. The van der Waals surface area contributed by atoms with Crippen molar-refractivity contribution in [1.82, 2.24) is 4.90 Å². The first-order chi connectivity index (χ1) is 10.8. The molecule has 5 nitrogen and oxygen atoms in total. The lowest BCUT2D eigenvalue weighted by atomic mass is 9.90. The lowest BCUT2D eigenvalue weighted by Gasteiger charge is -2.38. The highest BCUT2D eigenvalue weighted by molar-refractivity contribution is 6.32. The quantitative estimate of drug-likeness (QED) is 0.912. The van der Waals surface area contributed by atoms with E-state index in [1.807, 2.05) is 0 Å². The molecule has 23 heavy (non-hydrogen) atoms. The molecule has 126 valence electrons. The van der Waals surface area contributed by atoms with E-state index in [0.29, 0.717) is 19.4 Å². The predicted octanol–water partition coefficient (Wildman–Crippen LogP) is 2.96. The first-order valence-corrected chi connectivity index (χ1v) is 7.84. The number of likely N-dealkylation sites (tertiary alicyclic amines) is 1. The third-order valence-corrected chi connectivity index (χ3v) is 4.43. The van der Waals surface area contributed by atoms with Gasteiger partial charge in [-0.25, -0.2) is 4.39 Å². The Labute approximate surface area is 139 Å².